The Balaban J connectivity index is 1.95. The van der Waals surface area contributed by atoms with Crippen molar-refractivity contribution in [2.75, 3.05) is 5.32 Å². The SMILES string of the molecule is CCc1nnnn1-c1ccccc1NC(=O)c1ccc(F)cc1Cl. The number of aryl methyl sites for hydroxylation is 1. The van der Waals surface area contributed by atoms with Crippen LogP contribution < -0.4 is 5.32 Å². The van der Waals surface area contributed by atoms with Gasteiger partial charge in [0.1, 0.15) is 5.82 Å². The Labute approximate surface area is 142 Å². The maximum Gasteiger partial charge on any atom is 0.257 e. The standard InChI is InChI=1S/C16H13ClFN5O/c1-2-15-20-21-22-23(15)14-6-4-3-5-13(14)19-16(24)11-8-7-10(18)9-12(11)17/h3-9H,2H2,1H3,(H,19,24). The molecule has 1 amide bonds. The molecule has 0 fully saturated rings. The van der Waals surface area contributed by atoms with Crippen LogP contribution in [0.3, 0.4) is 0 Å². The van der Waals surface area contributed by atoms with Crippen LogP contribution in [0.15, 0.2) is 42.5 Å². The summed E-state index contributed by atoms with van der Waals surface area (Å²) in [5.41, 5.74) is 1.33. The summed E-state index contributed by atoms with van der Waals surface area (Å²) in [5, 5.41) is 14.4. The second-order valence-corrected chi connectivity index (χ2v) is 5.36. The lowest BCUT2D eigenvalue weighted by molar-refractivity contribution is 0.102. The zero-order valence-electron chi connectivity index (χ0n) is 12.7. The molecule has 0 atom stereocenters. The molecular formula is C16H13ClFN5O. The van der Waals surface area contributed by atoms with Gasteiger partial charge in [0.25, 0.3) is 5.91 Å². The summed E-state index contributed by atoms with van der Waals surface area (Å²) in [6.45, 7) is 1.93. The van der Waals surface area contributed by atoms with Crippen molar-refractivity contribution < 1.29 is 9.18 Å². The summed E-state index contributed by atoms with van der Waals surface area (Å²) in [4.78, 5) is 12.4. The van der Waals surface area contributed by atoms with E-state index in [4.69, 9.17) is 11.6 Å². The molecule has 0 radical (unpaired) electrons. The van der Waals surface area contributed by atoms with E-state index in [2.05, 4.69) is 20.8 Å². The molecule has 0 aliphatic heterocycles. The summed E-state index contributed by atoms with van der Waals surface area (Å²) < 4.78 is 14.7. The molecule has 0 saturated carbocycles. The number of nitrogens with zero attached hydrogens (tertiary/aromatic N) is 4. The van der Waals surface area contributed by atoms with Gasteiger partial charge in [-0.25, -0.2) is 4.39 Å². The molecular weight excluding hydrogens is 333 g/mol. The number of anilines is 1. The average molecular weight is 346 g/mol. The first-order valence-corrected chi connectivity index (χ1v) is 7.61. The third-order valence-electron chi connectivity index (χ3n) is 3.41. The molecule has 3 rings (SSSR count). The van der Waals surface area contributed by atoms with Crippen LogP contribution in [0.2, 0.25) is 5.02 Å². The van der Waals surface area contributed by atoms with E-state index in [0.29, 0.717) is 23.6 Å². The van der Waals surface area contributed by atoms with Crippen molar-refractivity contribution in [1.29, 1.82) is 0 Å². The quantitative estimate of drug-likeness (QED) is 0.787. The van der Waals surface area contributed by atoms with Gasteiger partial charge in [-0.3, -0.25) is 4.79 Å². The van der Waals surface area contributed by atoms with Crippen LogP contribution in [0.5, 0.6) is 0 Å². The van der Waals surface area contributed by atoms with Crippen LogP contribution in [0.1, 0.15) is 23.1 Å². The van der Waals surface area contributed by atoms with Gasteiger partial charge in [-0.05, 0) is 40.8 Å². The van der Waals surface area contributed by atoms with E-state index in [9.17, 15) is 9.18 Å². The molecule has 24 heavy (non-hydrogen) atoms. The molecule has 0 unspecified atom stereocenters. The minimum Gasteiger partial charge on any atom is -0.320 e. The minimum atomic E-state index is -0.502. The summed E-state index contributed by atoms with van der Waals surface area (Å²) in [7, 11) is 0. The summed E-state index contributed by atoms with van der Waals surface area (Å²) in [6, 6.07) is 10.7. The van der Waals surface area contributed by atoms with Gasteiger partial charge in [-0.1, -0.05) is 30.7 Å². The third kappa shape index (κ3) is 3.11. The number of hydrogen-bond acceptors (Lipinski definition) is 4. The highest BCUT2D eigenvalue weighted by Gasteiger charge is 2.15. The molecule has 3 aromatic rings. The van der Waals surface area contributed by atoms with Gasteiger partial charge in [0.05, 0.1) is 22.0 Å². The number of rotatable bonds is 4. The first kappa shape index (κ1) is 16.1. The third-order valence-corrected chi connectivity index (χ3v) is 3.72. The highest BCUT2D eigenvalue weighted by molar-refractivity contribution is 6.34. The van der Waals surface area contributed by atoms with Gasteiger partial charge in [0, 0.05) is 6.42 Å². The molecule has 122 valence electrons. The second-order valence-electron chi connectivity index (χ2n) is 4.96. The molecule has 0 aliphatic carbocycles. The number of tetrazole rings is 1. The molecule has 8 heteroatoms. The van der Waals surface area contributed by atoms with E-state index in [1.54, 1.807) is 22.9 Å². The molecule has 0 spiro atoms. The Kier molecular flexibility index (Phi) is 4.52. The Bertz CT molecular complexity index is 896. The molecule has 0 saturated heterocycles. The number of amides is 1. The number of hydrogen-bond donors (Lipinski definition) is 1. The molecule has 1 heterocycles. The number of halogens is 2. The van der Waals surface area contributed by atoms with Crippen molar-refractivity contribution in [2.24, 2.45) is 0 Å². The van der Waals surface area contributed by atoms with E-state index in [1.807, 2.05) is 13.0 Å². The van der Waals surface area contributed by atoms with Crippen molar-refractivity contribution >= 4 is 23.2 Å². The van der Waals surface area contributed by atoms with Gasteiger partial charge in [0.15, 0.2) is 5.82 Å². The topological polar surface area (TPSA) is 72.7 Å². The van der Waals surface area contributed by atoms with Gasteiger partial charge < -0.3 is 5.32 Å². The number of para-hydroxylation sites is 2. The fraction of sp³-hybridized carbons (Fsp3) is 0.125. The van der Waals surface area contributed by atoms with Crippen molar-refractivity contribution in [3.8, 4) is 5.69 Å². The zero-order valence-corrected chi connectivity index (χ0v) is 13.5. The van der Waals surface area contributed by atoms with E-state index >= 15 is 0 Å². The maximum atomic E-state index is 13.1. The van der Waals surface area contributed by atoms with Crippen molar-refractivity contribution in [3.63, 3.8) is 0 Å². The molecule has 0 aliphatic rings. The normalized spacial score (nSPS) is 10.6. The molecule has 6 nitrogen and oxygen atoms in total. The number of carbonyl (C=O) groups is 1. The number of nitrogens with one attached hydrogen (secondary N) is 1. The van der Waals surface area contributed by atoms with Crippen LogP contribution in [-0.4, -0.2) is 26.1 Å². The molecule has 1 aromatic heterocycles. The van der Waals surface area contributed by atoms with Crippen molar-refractivity contribution in [2.45, 2.75) is 13.3 Å². The number of benzene rings is 2. The van der Waals surface area contributed by atoms with Crippen molar-refractivity contribution in [3.05, 3.63) is 64.7 Å². The predicted octanol–water partition coefficient (Wildman–Crippen LogP) is 3.27. The first-order chi connectivity index (χ1) is 11.6. The summed E-state index contributed by atoms with van der Waals surface area (Å²) in [6.07, 6.45) is 0.638. The molecule has 0 bridgehead atoms. The largest absolute Gasteiger partial charge is 0.320 e. The van der Waals surface area contributed by atoms with E-state index in [-0.39, 0.29) is 10.6 Å². The Morgan fingerprint density at radius 1 is 1.29 bits per heavy atom. The van der Waals surface area contributed by atoms with Crippen LogP contribution in [0, 0.1) is 5.82 Å². The van der Waals surface area contributed by atoms with Crippen LogP contribution in [-0.2, 0) is 6.42 Å². The predicted molar refractivity (Wildman–Crippen MR) is 87.9 cm³/mol. The van der Waals surface area contributed by atoms with E-state index < -0.39 is 11.7 Å². The minimum absolute atomic E-state index is 0.0432. The molecule has 2 aromatic carbocycles. The second kappa shape index (κ2) is 6.76. The Morgan fingerprint density at radius 2 is 2.08 bits per heavy atom. The van der Waals surface area contributed by atoms with Crippen LogP contribution >= 0.6 is 11.6 Å². The highest BCUT2D eigenvalue weighted by atomic mass is 35.5. The lowest BCUT2D eigenvalue weighted by atomic mass is 10.2. The van der Waals surface area contributed by atoms with E-state index in [1.165, 1.54) is 12.1 Å². The van der Waals surface area contributed by atoms with E-state index in [0.717, 1.165) is 6.07 Å². The van der Waals surface area contributed by atoms with Gasteiger partial charge in [0.2, 0.25) is 0 Å². The van der Waals surface area contributed by atoms with Gasteiger partial charge in [-0.2, -0.15) is 4.68 Å². The summed E-state index contributed by atoms with van der Waals surface area (Å²) in [5.74, 6) is -0.284. The van der Waals surface area contributed by atoms with Gasteiger partial charge in [-0.15, -0.1) is 5.10 Å². The fourth-order valence-corrected chi connectivity index (χ4v) is 2.49. The number of aromatic nitrogens is 4. The summed E-state index contributed by atoms with van der Waals surface area (Å²) >= 11 is 5.94. The highest BCUT2D eigenvalue weighted by Crippen LogP contribution is 2.23. The smallest absolute Gasteiger partial charge is 0.257 e. The average Bonchev–Trinajstić information content (AvgIpc) is 3.03. The van der Waals surface area contributed by atoms with Gasteiger partial charge >= 0.3 is 0 Å². The van der Waals surface area contributed by atoms with Crippen LogP contribution in [0.4, 0.5) is 10.1 Å². The maximum absolute atomic E-state index is 13.1. The van der Waals surface area contributed by atoms with Crippen LogP contribution in [0.25, 0.3) is 5.69 Å². The monoisotopic (exact) mass is 345 g/mol. The zero-order chi connectivity index (χ0) is 17.1. The first-order valence-electron chi connectivity index (χ1n) is 7.23. The molecule has 1 N–H and O–H groups in total. The fourth-order valence-electron chi connectivity index (χ4n) is 2.24. The van der Waals surface area contributed by atoms with Crippen molar-refractivity contribution in [1.82, 2.24) is 20.2 Å². The lowest BCUT2D eigenvalue weighted by Gasteiger charge is -2.12. The lowest BCUT2D eigenvalue weighted by Crippen LogP contribution is -2.15. The Hall–Kier alpha value is -2.80. The number of carbonyl (C=O) groups excluding carboxylic acids is 1. The Morgan fingerprint density at radius 3 is 2.83 bits per heavy atom.